The molecule has 1 aliphatic rings. The zero-order chi connectivity index (χ0) is 16.5. The van der Waals surface area contributed by atoms with Crippen molar-refractivity contribution < 1.29 is 4.79 Å². The molecule has 0 saturated carbocycles. The van der Waals surface area contributed by atoms with Gasteiger partial charge in [0.05, 0.1) is 15.2 Å². The molecule has 122 valence electrons. The number of hydrogen-bond acceptors (Lipinski definition) is 4. The molecule has 1 saturated heterocycles. The fourth-order valence-electron chi connectivity index (χ4n) is 3.11. The number of carbonyl (C=O) groups is 1. The summed E-state index contributed by atoms with van der Waals surface area (Å²) in [5.74, 6) is 0.239. The van der Waals surface area contributed by atoms with Gasteiger partial charge in [0.2, 0.25) is 0 Å². The highest BCUT2D eigenvalue weighted by atomic mass is 35.5. The third-order valence-corrected chi connectivity index (χ3v) is 5.74. The molecule has 0 unspecified atom stereocenters. The molecule has 1 aliphatic heterocycles. The van der Waals surface area contributed by atoms with E-state index in [4.69, 9.17) is 16.6 Å². The highest BCUT2D eigenvalue weighted by molar-refractivity contribution is 7.18. The van der Waals surface area contributed by atoms with Crippen LogP contribution in [0.25, 0.3) is 10.2 Å². The van der Waals surface area contributed by atoms with Gasteiger partial charge in [0.25, 0.3) is 5.91 Å². The lowest BCUT2D eigenvalue weighted by molar-refractivity contribution is 0.0701. The van der Waals surface area contributed by atoms with Gasteiger partial charge in [-0.2, -0.15) is 0 Å². The number of pyridine rings is 1. The SMILES string of the molecule is O=C(c1cc(Cl)ccn1)N1CCC[C@@H](c2nc3ccccc3s2)C1. The first-order chi connectivity index (χ1) is 11.7. The lowest BCUT2D eigenvalue weighted by atomic mass is 9.98. The van der Waals surface area contributed by atoms with Crippen molar-refractivity contribution in [1.82, 2.24) is 14.9 Å². The molecule has 3 heterocycles. The molecule has 0 radical (unpaired) electrons. The van der Waals surface area contributed by atoms with Crippen LogP contribution >= 0.6 is 22.9 Å². The molecule has 4 rings (SSSR count). The predicted molar refractivity (Wildman–Crippen MR) is 96.7 cm³/mol. The number of piperidine rings is 1. The maximum Gasteiger partial charge on any atom is 0.272 e. The number of amides is 1. The van der Waals surface area contributed by atoms with Gasteiger partial charge in [0.15, 0.2) is 0 Å². The lowest BCUT2D eigenvalue weighted by Crippen LogP contribution is -2.39. The summed E-state index contributed by atoms with van der Waals surface area (Å²) in [5.41, 5.74) is 1.45. The number of carbonyl (C=O) groups excluding carboxylic acids is 1. The van der Waals surface area contributed by atoms with E-state index in [0.717, 1.165) is 29.9 Å². The summed E-state index contributed by atoms with van der Waals surface area (Å²) in [6.45, 7) is 1.45. The summed E-state index contributed by atoms with van der Waals surface area (Å²) in [7, 11) is 0. The third-order valence-electron chi connectivity index (χ3n) is 4.31. The molecule has 1 aromatic carbocycles. The molecule has 6 heteroatoms. The standard InChI is InChI=1S/C18H16ClN3OS/c19-13-7-8-20-15(10-13)18(23)22-9-3-4-12(11-22)17-21-14-5-1-2-6-16(14)24-17/h1-2,5-8,10,12H,3-4,9,11H2/t12-/m1/s1. The fourth-order valence-corrected chi connectivity index (χ4v) is 4.36. The van der Waals surface area contributed by atoms with E-state index in [9.17, 15) is 4.79 Å². The number of hydrogen-bond donors (Lipinski definition) is 0. The van der Waals surface area contributed by atoms with E-state index >= 15 is 0 Å². The maximum atomic E-state index is 12.7. The molecule has 1 amide bonds. The van der Waals surface area contributed by atoms with Crippen molar-refractivity contribution in [3.8, 4) is 0 Å². The molecule has 4 nitrogen and oxygen atoms in total. The second-order valence-corrected chi connectivity index (χ2v) is 7.47. The summed E-state index contributed by atoms with van der Waals surface area (Å²) in [5, 5.41) is 1.65. The smallest absolute Gasteiger partial charge is 0.272 e. The number of halogens is 1. The Morgan fingerprint density at radius 2 is 2.17 bits per heavy atom. The van der Waals surface area contributed by atoms with Gasteiger partial charge >= 0.3 is 0 Å². The minimum Gasteiger partial charge on any atom is -0.337 e. The summed E-state index contributed by atoms with van der Waals surface area (Å²) >= 11 is 7.71. The first-order valence-electron chi connectivity index (χ1n) is 7.97. The van der Waals surface area contributed by atoms with Gasteiger partial charge in [0.1, 0.15) is 5.69 Å². The molecule has 3 aromatic rings. The van der Waals surface area contributed by atoms with Crippen LogP contribution in [0.4, 0.5) is 0 Å². The van der Waals surface area contributed by atoms with Crippen LogP contribution in [0.5, 0.6) is 0 Å². The minimum absolute atomic E-state index is 0.0525. The Hall–Kier alpha value is -1.98. The number of likely N-dealkylation sites (tertiary alicyclic amines) is 1. The summed E-state index contributed by atoms with van der Waals surface area (Å²) in [6.07, 6.45) is 3.62. The van der Waals surface area contributed by atoms with E-state index in [1.165, 1.54) is 4.70 Å². The van der Waals surface area contributed by atoms with Crippen molar-refractivity contribution in [2.75, 3.05) is 13.1 Å². The first kappa shape index (κ1) is 15.5. The normalized spacial score (nSPS) is 18.0. The third kappa shape index (κ3) is 3.01. The van der Waals surface area contributed by atoms with Crippen LogP contribution in [0.3, 0.4) is 0 Å². The van der Waals surface area contributed by atoms with Gasteiger partial charge in [0, 0.05) is 30.2 Å². The number of benzene rings is 1. The molecule has 1 fully saturated rings. The number of fused-ring (bicyclic) bond motifs is 1. The zero-order valence-corrected chi connectivity index (χ0v) is 14.6. The average molecular weight is 358 g/mol. The average Bonchev–Trinajstić information content (AvgIpc) is 3.05. The molecular weight excluding hydrogens is 342 g/mol. The van der Waals surface area contributed by atoms with Crippen LogP contribution in [0.1, 0.15) is 34.3 Å². The number of nitrogens with zero attached hydrogens (tertiary/aromatic N) is 3. The van der Waals surface area contributed by atoms with Crippen molar-refractivity contribution in [1.29, 1.82) is 0 Å². The van der Waals surface area contributed by atoms with Crippen LogP contribution in [0.15, 0.2) is 42.6 Å². The van der Waals surface area contributed by atoms with Crippen LogP contribution < -0.4 is 0 Å². The Morgan fingerprint density at radius 3 is 3.00 bits per heavy atom. The van der Waals surface area contributed by atoms with Crippen molar-refractivity contribution in [3.63, 3.8) is 0 Å². The van der Waals surface area contributed by atoms with Crippen LogP contribution in [0.2, 0.25) is 5.02 Å². The van der Waals surface area contributed by atoms with Crippen LogP contribution in [-0.4, -0.2) is 33.9 Å². The summed E-state index contributed by atoms with van der Waals surface area (Å²) in [6, 6.07) is 11.5. The first-order valence-corrected chi connectivity index (χ1v) is 9.16. The number of para-hydroxylation sites is 1. The minimum atomic E-state index is -0.0525. The van der Waals surface area contributed by atoms with Crippen LogP contribution in [0, 0.1) is 0 Å². The molecule has 0 bridgehead atoms. The van der Waals surface area contributed by atoms with Gasteiger partial charge in [-0.25, -0.2) is 4.98 Å². The lowest BCUT2D eigenvalue weighted by Gasteiger charge is -2.31. The predicted octanol–water partition coefficient (Wildman–Crippen LogP) is 4.36. The highest BCUT2D eigenvalue weighted by Crippen LogP contribution is 2.33. The summed E-state index contributed by atoms with van der Waals surface area (Å²) in [4.78, 5) is 23.5. The van der Waals surface area contributed by atoms with Gasteiger partial charge in [-0.15, -0.1) is 11.3 Å². The molecule has 24 heavy (non-hydrogen) atoms. The maximum absolute atomic E-state index is 12.7. The second kappa shape index (κ2) is 6.49. The fraction of sp³-hybridized carbons (Fsp3) is 0.278. The van der Waals surface area contributed by atoms with Crippen molar-refractivity contribution in [2.45, 2.75) is 18.8 Å². The van der Waals surface area contributed by atoms with Crippen molar-refractivity contribution >= 4 is 39.1 Å². The monoisotopic (exact) mass is 357 g/mol. The topological polar surface area (TPSA) is 46.1 Å². The molecular formula is C18H16ClN3OS. The largest absolute Gasteiger partial charge is 0.337 e. The highest BCUT2D eigenvalue weighted by Gasteiger charge is 2.28. The van der Waals surface area contributed by atoms with E-state index in [0.29, 0.717) is 23.2 Å². The molecule has 1 atom stereocenters. The van der Waals surface area contributed by atoms with Gasteiger partial charge in [-0.1, -0.05) is 23.7 Å². The van der Waals surface area contributed by atoms with E-state index in [-0.39, 0.29) is 5.91 Å². The molecule has 0 spiro atoms. The van der Waals surface area contributed by atoms with Gasteiger partial charge in [-0.05, 0) is 37.1 Å². The quantitative estimate of drug-likeness (QED) is 0.684. The molecule has 0 N–H and O–H groups in total. The Morgan fingerprint density at radius 1 is 1.29 bits per heavy atom. The molecule has 2 aromatic heterocycles. The number of rotatable bonds is 2. The number of aromatic nitrogens is 2. The van der Waals surface area contributed by atoms with Crippen molar-refractivity contribution in [2.24, 2.45) is 0 Å². The van der Waals surface area contributed by atoms with Gasteiger partial charge < -0.3 is 4.90 Å². The second-order valence-electron chi connectivity index (χ2n) is 5.97. The van der Waals surface area contributed by atoms with E-state index in [1.54, 1.807) is 29.7 Å². The Balaban J connectivity index is 1.56. The van der Waals surface area contributed by atoms with Gasteiger partial charge in [-0.3, -0.25) is 9.78 Å². The van der Waals surface area contributed by atoms with E-state index in [2.05, 4.69) is 11.1 Å². The Bertz CT molecular complexity index is 862. The number of thiazole rings is 1. The van der Waals surface area contributed by atoms with Crippen molar-refractivity contribution in [3.05, 3.63) is 58.3 Å². The van der Waals surface area contributed by atoms with E-state index in [1.807, 2.05) is 23.1 Å². The van der Waals surface area contributed by atoms with E-state index < -0.39 is 0 Å². The van der Waals surface area contributed by atoms with Crippen LogP contribution in [-0.2, 0) is 0 Å². The zero-order valence-electron chi connectivity index (χ0n) is 13.0. The molecule has 0 aliphatic carbocycles. The Kier molecular flexibility index (Phi) is 4.21. The Labute approximate surface area is 149 Å². The summed E-state index contributed by atoms with van der Waals surface area (Å²) < 4.78 is 1.20.